The van der Waals surface area contributed by atoms with Gasteiger partial charge in [-0.05, 0) is 36.6 Å². The van der Waals surface area contributed by atoms with Gasteiger partial charge >= 0.3 is 0 Å². The molecule has 0 aliphatic carbocycles. The van der Waals surface area contributed by atoms with Crippen molar-refractivity contribution in [3.05, 3.63) is 107 Å². The summed E-state index contributed by atoms with van der Waals surface area (Å²) in [6.07, 6.45) is 0.603. The predicted octanol–water partition coefficient (Wildman–Crippen LogP) is 3.77. The van der Waals surface area contributed by atoms with Crippen LogP contribution in [0.5, 0.6) is 0 Å². The average Bonchev–Trinajstić information content (AvgIpc) is 3.04. The highest BCUT2D eigenvalue weighted by Gasteiger charge is 2.40. The summed E-state index contributed by atoms with van der Waals surface area (Å²) in [5.74, 6) is -1.23. The van der Waals surface area contributed by atoms with Crippen molar-refractivity contribution in [2.24, 2.45) is 0 Å². The van der Waals surface area contributed by atoms with Crippen molar-refractivity contribution in [1.82, 2.24) is 10.2 Å². The van der Waals surface area contributed by atoms with Gasteiger partial charge in [-0.3, -0.25) is 19.3 Å². The third-order valence-electron chi connectivity index (χ3n) is 5.39. The van der Waals surface area contributed by atoms with Gasteiger partial charge in [0.05, 0.1) is 17.2 Å². The lowest BCUT2D eigenvalue weighted by molar-refractivity contribution is -0.125. The second-order valence-electron chi connectivity index (χ2n) is 7.36. The summed E-state index contributed by atoms with van der Waals surface area (Å²) in [6, 6.07) is 25.0. The van der Waals surface area contributed by atoms with Crippen LogP contribution >= 0.6 is 0 Å². The predicted molar refractivity (Wildman–Crippen MR) is 114 cm³/mol. The summed E-state index contributed by atoms with van der Waals surface area (Å²) in [6.45, 7) is 1.58. The molecule has 3 amide bonds. The summed E-state index contributed by atoms with van der Waals surface area (Å²) < 4.78 is 0. The van der Waals surface area contributed by atoms with Gasteiger partial charge in [-0.25, -0.2) is 0 Å². The lowest BCUT2D eigenvalue weighted by Gasteiger charge is -2.26. The molecular weight excluding hydrogens is 376 g/mol. The van der Waals surface area contributed by atoms with Gasteiger partial charge in [-0.1, -0.05) is 72.8 Å². The minimum absolute atomic E-state index is 0.279. The van der Waals surface area contributed by atoms with Crippen molar-refractivity contribution >= 4 is 17.7 Å². The van der Waals surface area contributed by atoms with Crippen LogP contribution in [0, 0.1) is 0 Å². The number of hydrogen-bond donors (Lipinski definition) is 1. The van der Waals surface area contributed by atoms with E-state index in [9.17, 15) is 14.4 Å². The Morgan fingerprint density at radius 1 is 0.800 bits per heavy atom. The smallest absolute Gasteiger partial charge is 0.262 e. The molecule has 1 aliphatic heterocycles. The van der Waals surface area contributed by atoms with Crippen molar-refractivity contribution in [3.8, 4) is 0 Å². The average molecular weight is 398 g/mol. The number of hydrogen-bond acceptors (Lipinski definition) is 3. The second-order valence-corrected chi connectivity index (χ2v) is 7.36. The number of carbonyl (C=O) groups excluding carboxylic acids is 3. The Morgan fingerprint density at radius 2 is 1.30 bits per heavy atom. The van der Waals surface area contributed by atoms with Gasteiger partial charge < -0.3 is 5.32 Å². The van der Waals surface area contributed by atoms with Gasteiger partial charge in [-0.15, -0.1) is 0 Å². The second kappa shape index (κ2) is 8.33. The minimum Gasteiger partial charge on any atom is -0.347 e. The fraction of sp³-hybridized carbons (Fsp3) is 0.160. The van der Waals surface area contributed by atoms with E-state index in [1.807, 2.05) is 60.7 Å². The van der Waals surface area contributed by atoms with E-state index >= 15 is 0 Å². The van der Waals surface area contributed by atoms with E-state index in [1.54, 1.807) is 31.2 Å². The third-order valence-corrected chi connectivity index (χ3v) is 5.39. The van der Waals surface area contributed by atoms with Crippen molar-refractivity contribution in [3.63, 3.8) is 0 Å². The summed E-state index contributed by atoms with van der Waals surface area (Å²) in [4.78, 5) is 39.6. The molecule has 3 aromatic rings. The molecule has 3 aromatic carbocycles. The molecule has 1 N–H and O–H groups in total. The first-order valence-electron chi connectivity index (χ1n) is 9.92. The number of nitrogens with one attached hydrogen (secondary N) is 1. The van der Waals surface area contributed by atoms with Crippen LogP contribution in [0.3, 0.4) is 0 Å². The molecule has 4 rings (SSSR count). The van der Waals surface area contributed by atoms with E-state index in [0.29, 0.717) is 17.5 Å². The van der Waals surface area contributed by atoms with E-state index in [-0.39, 0.29) is 11.9 Å². The number of imide groups is 1. The number of fused-ring (bicyclic) bond motifs is 1. The van der Waals surface area contributed by atoms with Crippen molar-refractivity contribution in [2.75, 3.05) is 0 Å². The Labute approximate surface area is 175 Å². The third kappa shape index (κ3) is 3.74. The summed E-state index contributed by atoms with van der Waals surface area (Å²) in [5, 5.41) is 3.04. The van der Waals surface area contributed by atoms with Crippen molar-refractivity contribution in [2.45, 2.75) is 25.4 Å². The fourth-order valence-electron chi connectivity index (χ4n) is 3.76. The molecule has 30 heavy (non-hydrogen) atoms. The molecule has 150 valence electrons. The first kappa shape index (κ1) is 19.6. The topological polar surface area (TPSA) is 66.5 Å². The molecular formula is C25H22N2O3. The minimum atomic E-state index is -0.917. The molecule has 0 bridgehead atoms. The summed E-state index contributed by atoms with van der Waals surface area (Å²) in [7, 11) is 0. The van der Waals surface area contributed by atoms with Crippen LogP contribution in [-0.2, 0) is 11.2 Å². The Balaban J connectivity index is 1.55. The maximum absolute atomic E-state index is 13.1. The van der Waals surface area contributed by atoms with Crippen molar-refractivity contribution in [1.29, 1.82) is 0 Å². The van der Waals surface area contributed by atoms with Gasteiger partial charge in [0.25, 0.3) is 11.8 Å². The molecule has 5 heteroatoms. The number of nitrogens with zero attached hydrogens (tertiary/aromatic N) is 1. The highest BCUT2D eigenvalue weighted by molar-refractivity contribution is 6.22. The number of benzene rings is 3. The van der Waals surface area contributed by atoms with Crippen LogP contribution in [0.1, 0.15) is 44.8 Å². The lowest BCUT2D eigenvalue weighted by atomic mass is 9.98. The van der Waals surface area contributed by atoms with Crippen LogP contribution < -0.4 is 5.32 Å². The molecule has 0 saturated heterocycles. The van der Waals surface area contributed by atoms with E-state index < -0.39 is 17.9 Å². The molecule has 1 heterocycles. The standard InChI is InChI=1S/C25H22N2O3/c1-17(27-24(29)20-14-8-9-15-21(20)25(27)30)23(28)26-22(19-12-6-3-7-13-19)16-18-10-4-2-5-11-18/h2-15,17,22H,16H2,1H3,(H,26,28). The Bertz CT molecular complexity index is 1040. The van der Waals surface area contributed by atoms with Crippen LogP contribution in [-0.4, -0.2) is 28.7 Å². The molecule has 0 spiro atoms. The summed E-state index contributed by atoms with van der Waals surface area (Å²) >= 11 is 0. The van der Waals surface area contributed by atoms with E-state index in [4.69, 9.17) is 0 Å². The molecule has 2 unspecified atom stereocenters. The number of amides is 3. The molecule has 0 fully saturated rings. The van der Waals surface area contributed by atoms with Gasteiger partial charge in [0.2, 0.25) is 5.91 Å². The molecule has 0 saturated carbocycles. The van der Waals surface area contributed by atoms with Crippen LogP contribution in [0.25, 0.3) is 0 Å². The molecule has 5 nitrogen and oxygen atoms in total. The maximum Gasteiger partial charge on any atom is 0.262 e. The maximum atomic E-state index is 13.1. The first-order valence-corrected chi connectivity index (χ1v) is 9.92. The monoisotopic (exact) mass is 398 g/mol. The zero-order valence-electron chi connectivity index (χ0n) is 16.6. The van der Waals surface area contributed by atoms with Gasteiger partial charge in [0.15, 0.2) is 0 Å². The van der Waals surface area contributed by atoms with E-state index in [1.165, 1.54) is 0 Å². The zero-order valence-corrected chi connectivity index (χ0v) is 16.6. The largest absolute Gasteiger partial charge is 0.347 e. The SMILES string of the molecule is CC(C(=O)NC(Cc1ccccc1)c1ccccc1)N1C(=O)c2ccccc2C1=O. The van der Waals surface area contributed by atoms with Gasteiger partial charge in [-0.2, -0.15) is 0 Å². The summed E-state index contributed by atoms with van der Waals surface area (Å²) in [5.41, 5.74) is 2.72. The first-order chi connectivity index (χ1) is 14.6. The number of carbonyl (C=O) groups is 3. The van der Waals surface area contributed by atoms with E-state index in [2.05, 4.69) is 5.32 Å². The lowest BCUT2D eigenvalue weighted by Crippen LogP contribution is -2.48. The van der Waals surface area contributed by atoms with Crippen LogP contribution in [0.4, 0.5) is 0 Å². The Hall–Kier alpha value is -3.73. The Morgan fingerprint density at radius 3 is 1.87 bits per heavy atom. The zero-order chi connectivity index (χ0) is 21.1. The molecule has 0 aromatic heterocycles. The van der Waals surface area contributed by atoms with Crippen molar-refractivity contribution < 1.29 is 14.4 Å². The Kier molecular flexibility index (Phi) is 5.44. The quantitative estimate of drug-likeness (QED) is 0.643. The molecule has 0 radical (unpaired) electrons. The normalized spacial score (nSPS) is 14.9. The van der Waals surface area contributed by atoms with Gasteiger partial charge in [0, 0.05) is 0 Å². The fourth-order valence-corrected chi connectivity index (χ4v) is 3.76. The van der Waals surface area contributed by atoms with Crippen LogP contribution in [0.2, 0.25) is 0 Å². The van der Waals surface area contributed by atoms with E-state index in [0.717, 1.165) is 16.0 Å². The highest BCUT2D eigenvalue weighted by atomic mass is 16.2. The molecule has 1 aliphatic rings. The number of rotatable bonds is 6. The molecule has 2 atom stereocenters. The highest BCUT2D eigenvalue weighted by Crippen LogP contribution is 2.25. The van der Waals surface area contributed by atoms with Gasteiger partial charge in [0.1, 0.15) is 6.04 Å². The van der Waals surface area contributed by atoms with Crippen LogP contribution in [0.15, 0.2) is 84.9 Å².